The Kier molecular flexibility index (Phi) is 4.14. The molecule has 0 aromatic heterocycles. The van der Waals surface area contributed by atoms with Gasteiger partial charge in [0.2, 0.25) is 5.91 Å². The highest BCUT2D eigenvalue weighted by Crippen LogP contribution is 2.29. The van der Waals surface area contributed by atoms with Gasteiger partial charge in [-0.15, -0.1) is 0 Å². The van der Waals surface area contributed by atoms with E-state index in [1.165, 1.54) is 12.1 Å². The van der Waals surface area contributed by atoms with Crippen molar-refractivity contribution in [1.82, 2.24) is 9.80 Å². The molecular formula is C18H18N2O6. The number of carbonyl (C=O) groups is 5. The Morgan fingerprint density at radius 2 is 1.58 bits per heavy atom. The minimum atomic E-state index is -1.22. The molecule has 0 saturated carbocycles. The zero-order valence-corrected chi connectivity index (χ0v) is 14.6. The number of imide groups is 4. The Bertz CT molecular complexity index is 803. The van der Waals surface area contributed by atoms with E-state index in [1.807, 2.05) is 0 Å². The summed E-state index contributed by atoms with van der Waals surface area (Å²) < 4.78 is 5.10. The van der Waals surface area contributed by atoms with Crippen molar-refractivity contribution in [2.45, 2.75) is 45.3 Å². The Hall–Kier alpha value is -3.03. The van der Waals surface area contributed by atoms with Crippen LogP contribution in [0, 0.1) is 0 Å². The van der Waals surface area contributed by atoms with E-state index in [9.17, 15) is 24.0 Å². The van der Waals surface area contributed by atoms with Gasteiger partial charge in [0.1, 0.15) is 11.6 Å². The number of rotatable bonds is 1. The molecule has 8 heteroatoms. The van der Waals surface area contributed by atoms with Crippen LogP contribution in [0.3, 0.4) is 0 Å². The Morgan fingerprint density at radius 1 is 1.04 bits per heavy atom. The van der Waals surface area contributed by atoms with Crippen molar-refractivity contribution >= 4 is 29.7 Å². The van der Waals surface area contributed by atoms with Crippen LogP contribution in [0.25, 0.3) is 0 Å². The van der Waals surface area contributed by atoms with E-state index in [-0.39, 0.29) is 24.0 Å². The standard InChI is InChI=1S/C18H18N2O6/c1-18(2,3)26-17(25)20-13(21)9-8-12(16(20)24)19-14(22)10-6-4-5-7-11(10)15(19)23/h4-7,12H,8-9H2,1-3H3. The molecule has 0 spiro atoms. The highest BCUT2D eigenvalue weighted by molar-refractivity contribution is 6.24. The molecule has 2 heterocycles. The van der Waals surface area contributed by atoms with Gasteiger partial charge in [-0.3, -0.25) is 24.1 Å². The van der Waals surface area contributed by atoms with Crippen molar-refractivity contribution in [1.29, 1.82) is 0 Å². The Morgan fingerprint density at radius 3 is 2.08 bits per heavy atom. The van der Waals surface area contributed by atoms with Gasteiger partial charge in [0.15, 0.2) is 0 Å². The van der Waals surface area contributed by atoms with Gasteiger partial charge in [-0.1, -0.05) is 12.1 Å². The van der Waals surface area contributed by atoms with Crippen LogP contribution >= 0.6 is 0 Å². The number of nitrogens with zero attached hydrogens (tertiary/aromatic N) is 2. The third-order valence-corrected chi connectivity index (χ3v) is 4.10. The van der Waals surface area contributed by atoms with Crippen LogP contribution in [0.15, 0.2) is 24.3 Å². The number of hydrogen-bond acceptors (Lipinski definition) is 6. The van der Waals surface area contributed by atoms with Crippen LogP contribution in [-0.2, 0) is 14.3 Å². The molecule has 136 valence electrons. The van der Waals surface area contributed by atoms with E-state index in [0.29, 0.717) is 4.90 Å². The van der Waals surface area contributed by atoms with E-state index in [1.54, 1.807) is 32.9 Å². The molecule has 1 aromatic rings. The fourth-order valence-electron chi connectivity index (χ4n) is 3.00. The van der Waals surface area contributed by atoms with E-state index < -0.39 is 41.4 Å². The molecule has 1 fully saturated rings. The molecule has 0 N–H and O–H groups in total. The predicted molar refractivity (Wildman–Crippen MR) is 88.1 cm³/mol. The molecule has 1 saturated heterocycles. The van der Waals surface area contributed by atoms with Crippen LogP contribution in [0.1, 0.15) is 54.3 Å². The zero-order valence-electron chi connectivity index (χ0n) is 14.6. The summed E-state index contributed by atoms with van der Waals surface area (Å²) in [4.78, 5) is 63.5. The van der Waals surface area contributed by atoms with Crippen LogP contribution in [0.2, 0.25) is 0 Å². The summed E-state index contributed by atoms with van der Waals surface area (Å²) in [6.07, 6.45) is -1.28. The highest BCUT2D eigenvalue weighted by Gasteiger charge is 2.49. The first-order chi connectivity index (χ1) is 12.1. The van der Waals surface area contributed by atoms with Crippen molar-refractivity contribution in [2.75, 3.05) is 0 Å². The average Bonchev–Trinajstić information content (AvgIpc) is 2.78. The van der Waals surface area contributed by atoms with Crippen molar-refractivity contribution in [3.63, 3.8) is 0 Å². The van der Waals surface area contributed by atoms with Gasteiger partial charge in [0, 0.05) is 6.42 Å². The van der Waals surface area contributed by atoms with Gasteiger partial charge in [0.25, 0.3) is 17.7 Å². The van der Waals surface area contributed by atoms with Crippen molar-refractivity contribution in [2.24, 2.45) is 0 Å². The summed E-state index contributed by atoms with van der Waals surface area (Å²) in [5.41, 5.74) is -0.503. The lowest BCUT2D eigenvalue weighted by atomic mass is 10.0. The van der Waals surface area contributed by atoms with Gasteiger partial charge in [-0.05, 0) is 39.3 Å². The van der Waals surface area contributed by atoms with Crippen LogP contribution in [0.5, 0.6) is 0 Å². The number of hydrogen-bond donors (Lipinski definition) is 0. The van der Waals surface area contributed by atoms with E-state index in [2.05, 4.69) is 0 Å². The smallest absolute Gasteiger partial charge is 0.424 e. The summed E-state index contributed by atoms with van der Waals surface area (Å²) in [6.45, 7) is 4.81. The molecule has 1 aromatic carbocycles. The Labute approximate surface area is 149 Å². The molecular weight excluding hydrogens is 340 g/mol. The van der Waals surface area contributed by atoms with Crippen molar-refractivity contribution < 1.29 is 28.7 Å². The fraction of sp³-hybridized carbons (Fsp3) is 0.389. The number of fused-ring (bicyclic) bond motifs is 1. The molecule has 8 nitrogen and oxygen atoms in total. The van der Waals surface area contributed by atoms with Crippen LogP contribution in [0.4, 0.5) is 4.79 Å². The van der Waals surface area contributed by atoms with Crippen molar-refractivity contribution in [3.8, 4) is 0 Å². The van der Waals surface area contributed by atoms with E-state index in [0.717, 1.165) is 4.90 Å². The number of benzene rings is 1. The second-order valence-corrected chi connectivity index (χ2v) is 7.13. The molecule has 1 unspecified atom stereocenters. The SMILES string of the molecule is CC(C)(C)OC(=O)N1C(=O)CCC(N2C(=O)c3ccccc3C2=O)C1=O. The summed E-state index contributed by atoms with van der Waals surface area (Å²) in [6, 6.07) is 5.02. The van der Waals surface area contributed by atoms with Gasteiger partial charge in [0.05, 0.1) is 11.1 Å². The maximum Gasteiger partial charge on any atom is 0.424 e. The third kappa shape index (κ3) is 2.87. The summed E-state index contributed by atoms with van der Waals surface area (Å²) in [7, 11) is 0. The summed E-state index contributed by atoms with van der Waals surface area (Å²) in [5.74, 6) is -2.85. The normalized spacial score (nSPS) is 20.5. The summed E-state index contributed by atoms with van der Waals surface area (Å²) >= 11 is 0. The highest BCUT2D eigenvalue weighted by atomic mass is 16.6. The summed E-state index contributed by atoms with van der Waals surface area (Å²) in [5, 5.41) is 0. The van der Waals surface area contributed by atoms with Gasteiger partial charge >= 0.3 is 6.09 Å². The molecule has 2 aliphatic heterocycles. The maximum atomic E-state index is 12.8. The minimum Gasteiger partial charge on any atom is -0.443 e. The fourth-order valence-corrected chi connectivity index (χ4v) is 3.00. The second-order valence-electron chi connectivity index (χ2n) is 7.13. The minimum absolute atomic E-state index is 0.0254. The first kappa shape index (κ1) is 17.8. The number of likely N-dealkylation sites (tertiary alicyclic amines) is 1. The topological polar surface area (TPSA) is 101 Å². The van der Waals surface area contributed by atoms with Gasteiger partial charge in [-0.2, -0.15) is 4.90 Å². The molecule has 0 aliphatic carbocycles. The first-order valence-electron chi connectivity index (χ1n) is 8.18. The lowest BCUT2D eigenvalue weighted by Crippen LogP contribution is -2.58. The monoisotopic (exact) mass is 358 g/mol. The zero-order chi connectivity index (χ0) is 19.2. The first-order valence-corrected chi connectivity index (χ1v) is 8.18. The molecule has 2 aliphatic rings. The van der Waals surface area contributed by atoms with E-state index in [4.69, 9.17) is 4.74 Å². The lowest BCUT2D eigenvalue weighted by Gasteiger charge is -2.34. The predicted octanol–water partition coefficient (Wildman–Crippen LogP) is 1.74. The number of amides is 5. The lowest BCUT2D eigenvalue weighted by molar-refractivity contribution is -0.149. The molecule has 5 amide bonds. The molecule has 26 heavy (non-hydrogen) atoms. The number of piperidine rings is 1. The quantitative estimate of drug-likeness (QED) is 0.709. The third-order valence-electron chi connectivity index (χ3n) is 4.10. The second kappa shape index (κ2) is 6.05. The largest absolute Gasteiger partial charge is 0.443 e. The molecule has 0 bridgehead atoms. The van der Waals surface area contributed by atoms with Crippen molar-refractivity contribution in [3.05, 3.63) is 35.4 Å². The molecule has 0 radical (unpaired) electrons. The van der Waals surface area contributed by atoms with Gasteiger partial charge < -0.3 is 4.74 Å². The molecule has 3 rings (SSSR count). The van der Waals surface area contributed by atoms with Crippen LogP contribution < -0.4 is 0 Å². The number of ether oxygens (including phenoxy) is 1. The van der Waals surface area contributed by atoms with Gasteiger partial charge in [-0.25, -0.2) is 4.79 Å². The molecule has 1 atom stereocenters. The number of carbonyl (C=O) groups excluding carboxylic acids is 5. The maximum absolute atomic E-state index is 12.8. The average molecular weight is 358 g/mol. The van der Waals surface area contributed by atoms with E-state index >= 15 is 0 Å². The van der Waals surface area contributed by atoms with Crippen LogP contribution in [-0.4, -0.2) is 51.2 Å². The Balaban J connectivity index is 1.89.